The van der Waals surface area contributed by atoms with Crippen molar-refractivity contribution >= 4 is 28.9 Å². The first-order valence-electron chi connectivity index (χ1n) is 6.05. The number of nitrogens with one attached hydrogen (secondary N) is 1. The molecule has 0 bridgehead atoms. The zero-order valence-corrected chi connectivity index (χ0v) is 11.7. The third kappa shape index (κ3) is 3.34. The van der Waals surface area contributed by atoms with Crippen molar-refractivity contribution in [2.75, 3.05) is 32.1 Å². The number of amides is 1. The molecular formula is C12H16N2O5S. The minimum Gasteiger partial charge on any atom is -0.465 e. The molecule has 0 aliphatic carbocycles. The SMILES string of the molecule is COC(=O)c1sccc1NC(=O)CN1C[C@@H](O)[C@@H](O)C1. The van der Waals surface area contributed by atoms with Gasteiger partial charge in [-0.05, 0) is 11.4 Å². The predicted molar refractivity (Wildman–Crippen MR) is 72.7 cm³/mol. The van der Waals surface area contributed by atoms with Gasteiger partial charge in [0.25, 0.3) is 0 Å². The van der Waals surface area contributed by atoms with E-state index in [1.807, 2.05) is 0 Å². The maximum absolute atomic E-state index is 11.9. The molecule has 8 heteroatoms. The van der Waals surface area contributed by atoms with Gasteiger partial charge in [-0.25, -0.2) is 4.79 Å². The molecule has 2 atom stereocenters. The van der Waals surface area contributed by atoms with Gasteiger partial charge in [-0.1, -0.05) is 0 Å². The van der Waals surface area contributed by atoms with Crippen molar-refractivity contribution in [1.29, 1.82) is 0 Å². The number of ether oxygens (including phenoxy) is 1. The van der Waals surface area contributed by atoms with Crippen LogP contribution in [0.1, 0.15) is 9.67 Å². The normalized spacial score (nSPS) is 22.8. The summed E-state index contributed by atoms with van der Waals surface area (Å²) in [6, 6.07) is 1.63. The molecule has 0 unspecified atom stereocenters. The van der Waals surface area contributed by atoms with Gasteiger partial charge in [0.15, 0.2) is 0 Å². The quantitative estimate of drug-likeness (QED) is 0.649. The van der Waals surface area contributed by atoms with Gasteiger partial charge in [-0.2, -0.15) is 0 Å². The highest BCUT2D eigenvalue weighted by Gasteiger charge is 2.30. The van der Waals surface area contributed by atoms with Crippen molar-refractivity contribution in [3.8, 4) is 0 Å². The molecule has 1 aromatic rings. The molecule has 7 nitrogen and oxygen atoms in total. The number of hydrogen-bond donors (Lipinski definition) is 3. The van der Waals surface area contributed by atoms with Crippen LogP contribution in [-0.4, -0.2) is 65.9 Å². The van der Waals surface area contributed by atoms with Gasteiger partial charge in [-0.3, -0.25) is 9.69 Å². The summed E-state index contributed by atoms with van der Waals surface area (Å²) in [6.45, 7) is 0.550. The van der Waals surface area contributed by atoms with Gasteiger partial charge >= 0.3 is 5.97 Å². The molecule has 1 aromatic heterocycles. The van der Waals surface area contributed by atoms with Crippen LogP contribution in [0.4, 0.5) is 5.69 Å². The number of thiophene rings is 1. The second-order valence-electron chi connectivity index (χ2n) is 4.53. The highest BCUT2D eigenvalue weighted by Crippen LogP contribution is 2.23. The highest BCUT2D eigenvalue weighted by molar-refractivity contribution is 7.12. The highest BCUT2D eigenvalue weighted by atomic mass is 32.1. The van der Waals surface area contributed by atoms with E-state index in [9.17, 15) is 19.8 Å². The third-order valence-corrected chi connectivity index (χ3v) is 3.91. The van der Waals surface area contributed by atoms with E-state index in [2.05, 4.69) is 10.1 Å². The molecule has 1 saturated heterocycles. The number of carbonyl (C=O) groups excluding carboxylic acids is 2. The van der Waals surface area contributed by atoms with Crippen LogP contribution < -0.4 is 5.32 Å². The predicted octanol–water partition coefficient (Wildman–Crippen LogP) is -0.489. The molecule has 0 radical (unpaired) electrons. The lowest BCUT2D eigenvalue weighted by Gasteiger charge is -2.14. The average molecular weight is 300 g/mol. The van der Waals surface area contributed by atoms with E-state index in [1.54, 1.807) is 16.3 Å². The topological polar surface area (TPSA) is 99.1 Å². The molecule has 0 aromatic carbocycles. The van der Waals surface area contributed by atoms with Crippen molar-refractivity contribution in [1.82, 2.24) is 4.90 Å². The Hall–Kier alpha value is -1.48. The fourth-order valence-electron chi connectivity index (χ4n) is 2.03. The average Bonchev–Trinajstić information content (AvgIpc) is 2.96. The Bertz CT molecular complexity index is 494. The molecule has 20 heavy (non-hydrogen) atoms. The van der Waals surface area contributed by atoms with Gasteiger partial charge < -0.3 is 20.3 Å². The summed E-state index contributed by atoms with van der Waals surface area (Å²) in [6.07, 6.45) is -1.65. The Morgan fingerprint density at radius 2 is 2.10 bits per heavy atom. The van der Waals surface area contributed by atoms with Crippen molar-refractivity contribution in [2.24, 2.45) is 0 Å². The standard InChI is InChI=1S/C12H16N2O5S/c1-19-12(18)11-7(2-3-20-11)13-10(17)6-14-4-8(15)9(16)5-14/h2-3,8-9,15-16H,4-6H2,1H3,(H,13,17)/t8-,9+. The van der Waals surface area contributed by atoms with Crippen LogP contribution in [0.15, 0.2) is 11.4 Å². The van der Waals surface area contributed by atoms with Crippen LogP contribution in [0.25, 0.3) is 0 Å². The Balaban J connectivity index is 1.92. The van der Waals surface area contributed by atoms with Gasteiger partial charge in [0, 0.05) is 13.1 Å². The fraction of sp³-hybridized carbons (Fsp3) is 0.500. The second-order valence-corrected chi connectivity index (χ2v) is 5.45. The summed E-state index contributed by atoms with van der Waals surface area (Å²) in [5.41, 5.74) is 0.409. The molecule has 2 rings (SSSR count). The lowest BCUT2D eigenvalue weighted by atomic mass is 10.3. The number of aliphatic hydroxyl groups is 2. The van der Waals surface area contributed by atoms with Crippen LogP contribution in [0, 0.1) is 0 Å². The third-order valence-electron chi connectivity index (χ3n) is 3.01. The van der Waals surface area contributed by atoms with E-state index in [0.29, 0.717) is 10.6 Å². The van der Waals surface area contributed by atoms with Crippen molar-refractivity contribution < 1.29 is 24.5 Å². The zero-order valence-electron chi connectivity index (χ0n) is 10.9. The number of esters is 1. The molecule has 3 N–H and O–H groups in total. The summed E-state index contributed by atoms with van der Waals surface area (Å²) < 4.78 is 4.62. The van der Waals surface area contributed by atoms with E-state index in [1.165, 1.54) is 18.4 Å². The number of aliphatic hydroxyl groups excluding tert-OH is 2. The first-order valence-corrected chi connectivity index (χ1v) is 6.93. The van der Waals surface area contributed by atoms with E-state index < -0.39 is 18.2 Å². The largest absolute Gasteiger partial charge is 0.465 e. The second kappa shape index (κ2) is 6.31. The maximum atomic E-state index is 11.9. The Morgan fingerprint density at radius 1 is 1.45 bits per heavy atom. The van der Waals surface area contributed by atoms with Gasteiger partial charge in [0.2, 0.25) is 5.91 Å². The number of β-amino-alcohol motifs (C(OH)–C–C–N with tert-alkyl or cyclic N) is 2. The number of rotatable bonds is 4. The monoisotopic (exact) mass is 300 g/mol. The number of anilines is 1. The molecule has 110 valence electrons. The molecule has 2 heterocycles. The summed E-state index contributed by atoms with van der Waals surface area (Å²) in [4.78, 5) is 25.3. The lowest BCUT2D eigenvalue weighted by molar-refractivity contribution is -0.117. The maximum Gasteiger partial charge on any atom is 0.350 e. The number of methoxy groups -OCH3 is 1. The van der Waals surface area contributed by atoms with Crippen molar-refractivity contribution in [2.45, 2.75) is 12.2 Å². The number of likely N-dealkylation sites (tertiary alicyclic amines) is 1. The molecule has 1 fully saturated rings. The van der Waals surface area contributed by atoms with Crippen LogP contribution in [0.3, 0.4) is 0 Å². The number of nitrogens with zero attached hydrogens (tertiary/aromatic N) is 1. The minimum absolute atomic E-state index is 0.0462. The van der Waals surface area contributed by atoms with Crippen LogP contribution in [0.2, 0.25) is 0 Å². The summed E-state index contributed by atoms with van der Waals surface area (Å²) in [5.74, 6) is -0.808. The number of carbonyl (C=O) groups is 2. The van der Waals surface area contributed by atoms with Crippen molar-refractivity contribution in [3.63, 3.8) is 0 Å². The molecule has 0 saturated carbocycles. The first kappa shape index (κ1) is 14.9. The smallest absolute Gasteiger partial charge is 0.350 e. The van der Waals surface area contributed by atoms with E-state index >= 15 is 0 Å². The summed E-state index contributed by atoms with van der Waals surface area (Å²) >= 11 is 1.18. The van der Waals surface area contributed by atoms with Gasteiger partial charge in [-0.15, -0.1) is 11.3 Å². The van der Waals surface area contributed by atoms with Crippen LogP contribution >= 0.6 is 11.3 Å². The van der Waals surface area contributed by atoms with Gasteiger partial charge in [0.1, 0.15) is 4.88 Å². The molecule has 0 spiro atoms. The van der Waals surface area contributed by atoms with Crippen LogP contribution in [-0.2, 0) is 9.53 Å². The molecule has 1 aliphatic rings. The lowest BCUT2D eigenvalue weighted by Crippen LogP contribution is -2.32. The van der Waals surface area contributed by atoms with E-state index in [4.69, 9.17) is 0 Å². The Labute approximate surface area is 119 Å². The minimum atomic E-state index is -0.824. The summed E-state index contributed by atoms with van der Waals surface area (Å²) in [5, 5.41) is 23.1. The van der Waals surface area contributed by atoms with Crippen LogP contribution in [0.5, 0.6) is 0 Å². The molecule has 1 amide bonds. The Kier molecular flexibility index (Phi) is 4.71. The first-order chi connectivity index (χ1) is 9.51. The van der Waals surface area contributed by atoms with Crippen molar-refractivity contribution in [3.05, 3.63) is 16.3 Å². The Morgan fingerprint density at radius 3 is 2.70 bits per heavy atom. The summed E-state index contributed by atoms with van der Waals surface area (Å²) in [7, 11) is 1.28. The van der Waals surface area contributed by atoms with Gasteiger partial charge in [0.05, 0.1) is 31.5 Å². The van der Waals surface area contributed by atoms with E-state index in [-0.39, 0.29) is 25.5 Å². The number of hydrogen-bond acceptors (Lipinski definition) is 7. The molecular weight excluding hydrogens is 284 g/mol. The zero-order chi connectivity index (χ0) is 14.7. The fourth-order valence-corrected chi connectivity index (χ4v) is 2.79. The van der Waals surface area contributed by atoms with E-state index in [0.717, 1.165) is 0 Å². The molecule has 1 aliphatic heterocycles.